The number of carbonyl (C=O) groups is 1. The summed E-state index contributed by atoms with van der Waals surface area (Å²) in [7, 11) is 0. The lowest BCUT2D eigenvalue weighted by atomic mass is 10.0. The van der Waals surface area contributed by atoms with E-state index in [1.54, 1.807) is 0 Å². The maximum atomic E-state index is 10.7. The number of esters is 1. The van der Waals surface area contributed by atoms with Crippen molar-refractivity contribution in [1.29, 1.82) is 0 Å². The predicted octanol–water partition coefficient (Wildman–Crippen LogP) is -2.66. The van der Waals surface area contributed by atoms with Gasteiger partial charge < -0.3 is 25.8 Å². The maximum absolute atomic E-state index is 10.7. The van der Waals surface area contributed by atoms with Crippen molar-refractivity contribution in [3.8, 4) is 0 Å². The van der Waals surface area contributed by atoms with Gasteiger partial charge >= 0.3 is 5.97 Å². The molecule has 1 saturated heterocycles. The minimum Gasteiger partial charge on any atom is -0.458 e. The van der Waals surface area contributed by atoms with Gasteiger partial charge in [0.05, 0.1) is 19.1 Å². The minimum absolute atomic E-state index is 0.0277. The van der Waals surface area contributed by atoms with E-state index in [0.29, 0.717) is 0 Å². The fraction of sp³-hybridized carbons (Fsp3) is 0.857. The van der Waals surface area contributed by atoms with Gasteiger partial charge in [0.1, 0.15) is 18.3 Å². The lowest BCUT2D eigenvalue weighted by Crippen LogP contribution is -2.47. The highest BCUT2D eigenvalue weighted by molar-refractivity contribution is 5.72. The molecule has 0 radical (unpaired) electrons. The van der Waals surface area contributed by atoms with Gasteiger partial charge in [0.25, 0.3) is 0 Å². The fourth-order valence-corrected chi connectivity index (χ4v) is 1.25. The van der Waals surface area contributed by atoms with Gasteiger partial charge in [-0.3, -0.25) is 4.79 Å². The van der Waals surface area contributed by atoms with E-state index in [0.717, 1.165) is 0 Å². The molecule has 1 heterocycles. The zero-order chi connectivity index (χ0) is 10.0. The molecule has 13 heavy (non-hydrogen) atoms. The standard InChI is InChI=1S/C7H13NO5/c8-3-1-5(11)13-7(3)6(12)4(10)2-9/h3-4,6-7,9-10,12H,1-2,8H2. The molecule has 6 nitrogen and oxygen atoms in total. The molecule has 0 aromatic heterocycles. The Morgan fingerprint density at radius 3 is 2.62 bits per heavy atom. The van der Waals surface area contributed by atoms with Crippen LogP contribution in [0.2, 0.25) is 0 Å². The van der Waals surface area contributed by atoms with Crippen LogP contribution in [0.1, 0.15) is 6.42 Å². The van der Waals surface area contributed by atoms with E-state index >= 15 is 0 Å². The van der Waals surface area contributed by atoms with Gasteiger partial charge in [-0.2, -0.15) is 0 Å². The molecule has 1 fully saturated rings. The van der Waals surface area contributed by atoms with E-state index in [1.807, 2.05) is 0 Å². The van der Waals surface area contributed by atoms with E-state index in [2.05, 4.69) is 4.74 Å². The second-order valence-electron chi connectivity index (χ2n) is 3.06. The van der Waals surface area contributed by atoms with E-state index < -0.39 is 36.9 Å². The summed E-state index contributed by atoms with van der Waals surface area (Å²) in [5.74, 6) is -0.498. The fourth-order valence-electron chi connectivity index (χ4n) is 1.25. The molecule has 1 aliphatic heterocycles. The van der Waals surface area contributed by atoms with Crippen molar-refractivity contribution >= 4 is 5.97 Å². The first kappa shape index (κ1) is 10.4. The zero-order valence-electron chi connectivity index (χ0n) is 6.96. The summed E-state index contributed by atoms with van der Waals surface area (Å²) in [5.41, 5.74) is 5.46. The van der Waals surface area contributed by atoms with Crippen molar-refractivity contribution in [3.05, 3.63) is 0 Å². The van der Waals surface area contributed by atoms with E-state index in [1.165, 1.54) is 0 Å². The van der Waals surface area contributed by atoms with Crippen LogP contribution < -0.4 is 5.73 Å². The van der Waals surface area contributed by atoms with Gasteiger partial charge in [-0.1, -0.05) is 0 Å². The third-order valence-corrected chi connectivity index (χ3v) is 2.01. The number of hydrogen-bond acceptors (Lipinski definition) is 6. The van der Waals surface area contributed by atoms with Crippen LogP contribution in [0.4, 0.5) is 0 Å². The minimum atomic E-state index is -1.33. The van der Waals surface area contributed by atoms with Crippen LogP contribution in [-0.2, 0) is 9.53 Å². The Labute approximate surface area is 74.9 Å². The van der Waals surface area contributed by atoms with Crippen molar-refractivity contribution in [2.45, 2.75) is 30.8 Å². The number of ether oxygens (including phenoxy) is 1. The topological polar surface area (TPSA) is 113 Å². The smallest absolute Gasteiger partial charge is 0.307 e. The number of carbonyl (C=O) groups excluding carboxylic acids is 1. The molecule has 5 N–H and O–H groups in total. The van der Waals surface area contributed by atoms with Gasteiger partial charge in [0.15, 0.2) is 0 Å². The molecule has 4 atom stereocenters. The van der Waals surface area contributed by atoms with E-state index in [9.17, 15) is 9.90 Å². The van der Waals surface area contributed by atoms with Crippen molar-refractivity contribution < 1.29 is 24.9 Å². The molecule has 0 aromatic carbocycles. The average Bonchev–Trinajstić information content (AvgIpc) is 2.42. The highest BCUT2D eigenvalue weighted by Crippen LogP contribution is 2.18. The summed E-state index contributed by atoms with van der Waals surface area (Å²) in [6.45, 7) is -0.595. The van der Waals surface area contributed by atoms with Crippen molar-refractivity contribution in [3.63, 3.8) is 0 Å². The lowest BCUT2D eigenvalue weighted by Gasteiger charge is -2.23. The normalized spacial score (nSPS) is 32.8. The van der Waals surface area contributed by atoms with Crippen molar-refractivity contribution in [1.82, 2.24) is 0 Å². The summed E-state index contributed by atoms with van der Waals surface area (Å²) in [6.07, 6.45) is -3.55. The third kappa shape index (κ3) is 2.16. The number of rotatable bonds is 3. The number of hydrogen-bond donors (Lipinski definition) is 4. The van der Waals surface area contributed by atoms with Crippen molar-refractivity contribution in [2.75, 3.05) is 6.61 Å². The Balaban J connectivity index is 2.56. The van der Waals surface area contributed by atoms with Crippen LogP contribution in [-0.4, -0.2) is 52.2 Å². The maximum Gasteiger partial charge on any atom is 0.307 e. The first-order valence-corrected chi connectivity index (χ1v) is 3.98. The quantitative estimate of drug-likeness (QED) is 0.362. The average molecular weight is 191 g/mol. The summed E-state index contributed by atoms with van der Waals surface area (Å²) < 4.78 is 4.67. The molecule has 1 rings (SSSR count). The van der Waals surface area contributed by atoms with Gasteiger partial charge in [0.2, 0.25) is 0 Å². The Morgan fingerprint density at radius 2 is 2.23 bits per heavy atom. The monoisotopic (exact) mass is 191 g/mol. The van der Waals surface area contributed by atoms with Crippen LogP contribution in [0.25, 0.3) is 0 Å². The third-order valence-electron chi connectivity index (χ3n) is 2.01. The second-order valence-corrected chi connectivity index (χ2v) is 3.06. The Kier molecular flexibility index (Phi) is 3.21. The van der Waals surface area contributed by atoms with Gasteiger partial charge in [-0.25, -0.2) is 0 Å². The molecule has 0 bridgehead atoms. The molecule has 0 aliphatic carbocycles. The van der Waals surface area contributed by atoms with Crippen LogP contribution >= 0.6 is 0 Å². The number of cyclic esters (lactones) is 1. The van der Waals surface area contributed by atoms with Crippen molar-refractivity contribution in [2.24, 2.45) is 5.73 Å². The van der Waals surface area contributed by atoms with Gasteiger partial charge in [-0.15, -0.1) is 0 Å². The molecule has 76 valence electrons. The van der Waals surface area contributed by atoms with Crippen LogP contribution in [0, 0.1) is 0 Å². The molecule has 0 saturated carbocycles. The summed E-state index contributed by atoms with van der Waals surface area (Å²) in [4.78, 5) is 10.7. The molecular formula is C7H13NO5. The van der Waals surface area contributed by atoms with Crippen LogP contribution in [0.3, 0.4) is 0 Å². The summed E-state index contributed by atoms with van der Waals surface area (Å²) >= 11 is 0. The molecule has 6 heteroatoms. The Bertz CT molecular complexity index is 197. The highest BCUT2D eigenvalue weighted by atomic mass is 16.6. The van der Waals surface area contributed by atoms with Crippen LogP contribution in [0.15, 0.2) is 0 Å². The molecule has 0 aromatic rings. The van der Waals surface area contributed by atoms with E-state index in [-0.39, 0.29) is 6.42 Å². The second kappa shape index (κ2) is 4.01. The SMILES string of the molecule is NC1CC(=O)OC1C(O)C(O)CO. The number of aliphatic hydroxyl groups excluding tert-OH is 3. The summed E-state index contributed by atoms with van der Waals surface area (Å²) in [6, 6.07) is -0.622. The van der Waals surface area contributed by atoms with Crippen LogP contribution in [0.5, 0.6) is 0 Å². The molecule has 4 unspecified atom stereocenters. The Morgan fingerprint density at radius 1 is 1.62 bits per heavy atom. The summed E-state index contributed by atoms with van der Waals surface area (Å²) in [5, 5.41) is 26.9. The van der Waals surface area contributed by atoms with Gasteiger partial charge in [0, 0.05) is 0 Å². The largest absolute Gasteiger partial charge is 0.458 e. The number of nitrogens with two attached hydrogens (primary N) is 1. The predicted molar refractivity (Wildman–Crippen MR) is 41.6 cm³/mol. The molecule has 0 amide bonds. The first-order chi connectivity index (χ1) is 6.06. The number of aliphatic hydroxyl groups is 3. The molecule has 0 spiro atoms. The molecule has 1 aliphatic rings. The molecular weight excluding hydrogens is 178 g/mol. The van der Waals surface area contributed by atoms with E-state index in [4.69, 9.17) is 15.9 Å². The Hall–Kier alpha value is -0.690. The highest BCUT2D eigenvalue weighted by Gasteiger charge is 2.39. The van der Waals surface area contributed by atoms with Gasteiger partial charge in [-0.05, 0) is 0 Å². The lowest BCUT2D eigenvalue weighted by molar-refractivity contribution is -0.150. The zero-order valence-corrected chi connectivity index (χ0v) is 6.96. The first-order valence-electron chi connectivity index (χ1n) is 3.98.